The standard InChI is InChI=1S/C25H40N4O5/c1-7-8-11-16-27-22(31)21(18-13-10-9-12-17(18)2)29(6)23(32)19(14-15-20(26)30)28-24(33)34-25(3,4)5/h9-10,12-13,19,21H,7-8,11,14-16H2,1-6H3,(H2,26,30)(H,27,31)(H,28,33). The summed E-state index contributed by atoms with van der Waals surface area (Å²) in [6.45, 7) is 9.56. The van der Waals surface area contributed by atoms with Crippen LogP contribution < -0.4 is 16.4 Å². The van der Waals surface area contributed by atoms with Gasteiger partial charge in [0.05, 0.1) is 0 Å². The van der Waals surface area contributed by atoms with Gasteiger partial charge >= 0.3 is 6.09 Å². The topological polar surface area (TPSA) is 131 Å². The molecule has 0 spiro atoms. The number of carbonyl (C=O) groups is 4. The average Bonchev–Trinajstić information content (AvgIpc) is 2.73. The van der Waals surface area contributed by atoms with Gasteiger partial charge in [-0.25, -0.2) is 4.79 Å². The highest BCUT2D eigenvalue weighted by atomic mass is 16.6. The summed E-state index contributed by atoms with van der Waals surface area (Å²) in [5.41, 5.74) is 6.04. The Kier molecular flexibility index (Phi) is 11.5. The first kappa shape index (κ1) is 28.9. The second kappa shape index (κ2) is 13.6. The summed E-state index contributed by atoms with van der Waals surface area (Å²) in [4.78, 5) is 51.8. The van der Waals surface area contributed by atoms with Crippen LogP contribution in [0.1, 0.15) is 77.0 Å². The second-order valence-electron chi connectivity index (χ2n) is 9.41. The molecule has 190 valence electrons. The first-order valence-corrected chi connectivity index (χ1v) is 11.7. The van der Waals surface area contributed by atoms with Crippen molar-refractivity contribution >= 4 is 23.8 Å². The Morgan fingerprint density at radius 1 is 1.12 bits per heavy atom. The van der Waals surface area contributed by atoms with Gasteiger partial charge in [0.25, 0.3) is 0 Å². The minimum atomic E-state index is -1.09. The molecule has 1 aromatic rings. The zero-order chi connectivity index (χ0) is 25.9. The van der Waals surface area contributed by atoms with E-state index in [-0.39, 0.29) is 18.7 Å². The highest BCUT2D eigenvalue weighted by Gasteiger charge is 2.34. The minimum Gasteiger partial charge on any atom is -0.444 e. The average molecular weight is 477 g/mol. The molecule has 0 saturated carbocycles. The number of rotatable bonds is 12. The number of unbranched alkanes of at least 4 members (excludes halogenated alkanes) is 2. The van der Waals surface area contributed by atoms with E-state index in [0.717, 1.165) is 24.8 Å². The lowest BCUT2D eigenvalue weighted by molar-refractivity contribution is -0.141. The first-order chi connectivity index (χ1) is 15.9. The molecule has 2 atom stereocenters. The fraction of sp³-hybridized carbons (Fsp3) is 0.600. The fourth-order valence-corrected chi connectivity index (χ4v) is 3.47. The number of primary amides is 1. The molecular weight excluding hydrogens is 436 g/mol. The van der Waals surface area contributed by atoms with Crippen molar-refractivity contribution in [1.82, 2.24) is 15.5 Å². The third-order valence-corrected chi connectivity index (χ3v) is 5.21. The van der Waals surface area contributed by atoms with Crippen LogP contribution in [0.25, 0.3) is 0 Å². The zero-order valence-corrected chi connectivity index (χ0v) is 21.3. The van der Waals surface area contributed by atoms with E-state index in [0.29, 0.717) is 12.1 Å². The van der Waals surface area contributed by atoms with E-state index >= 15 is 0 Å². The van der Waals surface area contributed by atoms with Crippen LogP contribution in [0.2, 0.25) is 0 Å². The monoisotopic (exact) mass is 476 g/mol. The molecule has 34 heavy (non-hydrogen) atoms. The van der Waals surface area contributed by atoms with E-state index in [4.69, 9.17) is 10.5 Å². The molecule has 0 heterocycles. The normalized spacial score (nSPS) is 12.9. The second-order valence-corrected chi connectivity index (χ2v) is 9.41. The molecule has 0 aliphatic rings. The van der Waals surface area contributed by atoms with E-state index < -0.39 is 35.6 Å². The van der Waals surface area contributed by atoms with Crippen LogP contribution in [0.4, 0.5) is 4.79 Å². The van der Waals surface area contributed by atoms with Gasteiger partial charge in [-0.15, -0.1) is 0 Å². The molecule has 2 unspecified atom stereocenters. The molecule has 4 amide bonds. The molecule has 0 radical (unpaired) electrons. The summed E-state index contributed by atoms with van der Waals surface area (Å²) in [7, 11) is 1.51. The molecular formula is C25H40N4O5. The highest BCUT2D eigenvalue weighted by Crippen LogP contribution is 2.24. The van der Waals surface area contributed by atoms with Gasteiger partial charge in [0.2, 0.25) is 17.7 Å². The lowest BCUT2D eigenvalue weighted by Crippen LogP contribution is -2.52. The Balaban J connectivity index is 3.20. The molecule has 1 rings (SSSR count). The largest absolute Gasteiger partial charge is 0.444 e. The molecule has 9 nitrogen and oxygen atoms in total. The van der Waals surface area contributed by atoms with E-state index in [9.17, 15) is 19.2 Å². The summed E-state index contributed by atoms with van der Waals surface area (Å²) in [5.74, 6) is -1.44. The number of hydrogen-bond acceptors (Lipinski definition) is 5. The Labute approximate surface area is 202 Å². The SMILES string of the molecule is CCCCCNC(=O)C(c1ccccc1C)N(C)C(=O)C(CCC(N)=O)NC(=O)OC(C)(C)C. The summed E-state index contributed by atoms with van der Waals surface area (Å²) in [6.07, 6.45) is 1.92. The number of aryl methyl sites for hydroxylation is 1. The summed E-state index contributed by atoms with van der Waals surface area (Å²) in [5, 5.41) is 5.46. The zero-order valence-electron chi connectivity index (χ0n) is 21.3. The van der Waals surface area contributed by atoms with Crippen LogP contribution in [-0.2, 0) is 19.1 Å². The van der Waals surface area contributed by atoms with E-state index in [1.54, 1.807) is 26.8 Å². The molecule has 0 bridgehead atoms. The third-order valence-electron chi connectivity index (χ3n) is 5.21. The van der Waals surface area contributed by atoms with Crippen molar-refractivity contribution in [3.63, 3.8) is 0 Å². The Hall–Kier alpha value is -3.10. The van der Waals surface area contributed by atoms with Gasteiger partial charge in [-0.05, 0) is 51.7 Å². The number of ether oxygens (including phenoxy) is 1. The van der Waals surface area contributed by atoms with Crippen LogP contribution in [-0.4, -0.2) is 54.0 Å². The molecule has 9 heteroatoms. The summed E-state index contributed by atoms with van der Waals surface area (Å²) >= 11 is 0. The lowest BCUT2D eigenvalue weighted by atomic mass is 9.98. The summed E-state index contributed by atoms with van der Waals surface area (Å²) < 4.78 is 5.28. The van der Waals surface area contributed by atoms with Crippen LogP contribution >= 0.6 is 0 Å². The number of hydrogen-bond donors (Lipinski definition) is 3. The van der Waals surface area contributed by atoms with Crippen LogP contribution in [0.15, 0.2) is 24.3 Å². The van der Waals surface area contributed by atoms with Crippen molar-refractivity contribution in [3.05, 3.63) is 35.4 Å². The van der Waals surface area contributed by atoms with Gasteiger partial charge in [-0.3, -0.25) is 14.4 Å². The molecule has 1 aromatic carbocycles. The molecule has 0 aliphatic heterocycles. The number of nitrogens with zero attached hydrogens (tertiary/aromatic N) is 1. The van der Waals surface area contributed by atoms with Crippen LogP contribution in [0.3, 0.4) is 0 Å². The molecule has 0 saturated heterocycles. The van der Waals surface area contributed by atoms with Crippen LogP contribution in [0.5, 0.6) is 0 Å². The smallest absolute Gasteiger partial charge is 0.408 e. The van der Waals surface area contributed by atoms with E-state index in [1.807, 2.05) is 25.1 Å². The quantitative estimate of drug-likeness (QED) is 0.399. The van der Waals surface area contributed by atoms with E-state index in [1.165, 1.54) is 11.9 Å². The van der Waals surface area contributed by atoms with Crippen molar-refractivity contribution in [2.75, 3.05) is 13.6 Å². The maximum absolute atomic E-state index is 13.5. The van der Waals surface area contributed by atoms with Crippen molar-refractivity contribution in [2.45, 2.75) is 84.4 Å². The number of nitrogens with one attached hydrogen (secondary N) is 2. The maximum Gasteiger partial charge on any atom is 0.408 e. The van der Waals surface area contributed by atoms with Gasteiger partial charge in [-0.1, -0.05) is 44.0 Å². The highest BCUT2D eigenvalue weighted by molar-refractivity contribution is 5.92. The number of alkyl carbamates (subject to hydrolysis) is 1. The number of nitrogens with two attached hydrogens (primary N) is 1. The van der Waals surface area contributed by atoms with Crippen molar-refractivity contribution in [2.24, 2.45) is 5.73 Å². The third kappa shape index (κ3) is 9.80. The van der Waals surface area contributed by atoms with Gasteiger partial charge < -0.3 is 26.0 Å². The van der Waals surface area contributed by atoms with Gasteiger partial charge in [0.15, 0.2) is 0 Å². The molecule has 0 aromatic heterocycles. The Bertz CT molecular complexity index is 850. The van der Waals surface area contributed by atoms with Crippen molar-refractivity contribution in [3.8, 4) is 0 Å². The summed E-state index contributed by atoms with van der Waals surface area (Å²) in [6, 6.07) is 5.33. The predicted molar refractivity (Wildman–Crippen MR) is 131 cm³/mol. The molecule has 0 fully saturated rings. The number of carbonyl (C=O) groups excluding carboxylic acids is 4. The first-order valence-electron chi connectivity index (χ1n) is 11.7. The number of benzene rings is 1. The predicted octanol–water partition coefficient (Wildman–Crippen LogP) is 2.96. The van der Waals surface area contributed by atoms with Crippen molar-refractivity contribution in [1.29, 1.82) is 0 Å². The van der Waals surface area contributed by atoms with E-state index in [2.05, 4.69) is 17.6 Å². The maximum atomic E-state index is 13.5. The van der Waals surface area contributed by atoms with Gasteiger partial charge in [0.1, 0.15) is 17.7 Å². The van der Waals surface area contributed by atoms with Crippen molar-refractivity contribution < 1.29 is 23.9 Å². The Morgan fingerprint density at radius 3 is 2.32 bits per heavy atom. The molecule has 0 aliphatic carbocycles. The van der Waals surface area contributed by atoms with Crippen LogP contribution in [0, 0.1) is 6.92 Å². The number of amides is 4. The Morgan fingerprint density at radius 2 is 1.76 bits per heavy atom. The van der Waals surface area contributed by atoms with Gasteiger partial charge in [-0.2, -0.15) is 0 Å². The lowest BCUT2D eigenvalue weighted by Gasteiger charge is -2.32. The number of likely N-dealkylation sites (N-methyl/N-ethyl adjacent to an activating group) is 1. The molecule has 4 N–H and O–H groups in total. The minimum absolute atomic E-state index is 0.0175. The fourth-order valence-electron chi connectivity index (χ4n) is 3.47. The van der Waals surface area contributed by atoms with Gasteiger partial charge in [0, 0.05) is 20.0 Å².